The molecule has 25 heavy (non-hydrogen) atoms. The van der Waals surface area contributed by atoms with E-state index in [0.29, 0.717) is 26.7 Å². The van der Waals surface area contributed by atoms with Gasteiger partial charge in [0.2, 0.25) is 0 Å². The Bertz CT molecular complexity index is 757. The first-order valence-corrected chi connectivity index (χ1v) is 9.17. The van der Waals surface area contributed by atoms with E-state index in [0.717, 1.165) is 18.9 Å². The summed E-state index contributed by atoms with van der Waals surface area (Å²) in [5.74, 6) is 0.879. The van der Waals surface area contributed by atoms with E-state index in [1.807, 2.05) is 12.1 Å². The van der Waals surface area contributed by atoms with Crippen LogP contribution in [0.2, 0.25) is 10.0 Å². The molecule has 2 aliphatic heterocycles. The van der Waals surface area contributed by atoms with Crippen molar-refractivity contribution >= 4 is 29.0 Å². The van der Waals surface area contributed by atoms with E-state index in [1.54, 1.807) is 6.07 Å². The summed E-state index contributed by atoms with van der Waals surface area (Å²) in [6.45, 7) is 4.43. The van der Waals surface area contributed by atoms with Gasteiger partial charge in [0.25, 0.3) is 0 Å². The normalized spacial score (nSPS) is 19.9. The van der Waals surface area contributed by atoms with Gasteiger partial charge in [-0.3, -0.25) is 0 Å². The minimum Gasteiger partial charge on any atom is -0.507 e. The quantitative estimate of drug-likeness (QED) is 0.863. The Balaban J connectivity index is 1.50. The Hall–Kier alpha value is -1.56. The average molecular weight is 379 g/mol. The molecule has 4 rings (SSSR count). The number of aromatic hydroxyl groups is 1. The van der Waals surface area contributed by atoms with Gasteiger partial charge in [-0.25, -0.2) is 0 Å². The van der Waals surface area contributed by atoms with Gasteiger partial charge in [0.15, 0.2) is 5.82 Å². The van der Waals surface area contributed by atoms with E-state index in [2.05, 4.69) is 27.0 Å². The van der Waals surface area contributed by atoms with E-state index in [-0.39, 0.29) is 5.75 Å². The first-order chi connectivity index (χ1) is 12.0. The number of phenolic OH excluding ortho intramolecular Hbond substituents is 1. The maximum Gasteiger partial charge on any atom is 0.151 e. The number of nitrogens with zero attached hydrogens (tertiary/aromatic N) is 4. The van der Waals surface area contributed by atoms with Crippen molar-refractivity contribution in [3.8, 4) is 17.0 Å². The van der Waals surface area contributed by atoms with Gasteiger partial charge in [0.05, 0.1) is 16.3 Å². The van der Waals surface area contributed by atoms with Crippen LogP contribution in [0, 0.1) is 5.41 Å². The molecule has 1 aromatic heterocycles. The number of rotatable bonds is 2. The highest BCUT2D eigenvalue weighted by Crippen LogP contribution is 2.41. The molecule has 0 amide bonds. The first-order valence-electron chi connectivity index (χ1n) is 8.41. The number of hydrogen-bond acceptors (Lipinski definition) is 5. The number of benzene rings is 1. The average Bonchev–Trinajstić information content (AvgIpc) is 2.54. The number of likely N-dealkylation sites (tertiary alicyclic amines) is 1. The molecule has 1 N–H and O–H groups in total. The van der Waals surface area contributed by atoms with Gasteiger partial charge in [0.1, 0.15) is 5.75 Å². The molecule has 5 nitrogen and oxygen atoms in total. The van der Waals surface area contributed by atoms with Crippen LogP contribution in [-0.4, -0.2) is 53.4 Å². The molecular formula is C18H20Cl2N4O. The molecule has 2 aliphatic rings. The van der Waals surface area contributed by atoms with Crippen molar-refractivity contribution in [3.05, 3.63) is 34.3 Å². The SMILES string of the molecule is CN1CC2(CCN(c3ccc(-c4c(O)cc(Cl)cc4Cl)nn3)CC2)C1. The Labute approximate surface area is 157 Å². The summed E-state index contributed by atoms with van der Waals surface area (Å²) >= 11 is 12.1. The van der Waals surface area contributed by atoms with Gasteiger partial charge in [-0.1, -0.05) is 23.2 Å². The van der Waals surface area contributed by atoms with Crippen molar-refractivity contribution < 1.29 is 5.11 Å². The molecule has 2 saturated heterocycles. The van der Waals surface area contributed by atoms with Crippen molar-refractivity contribution in [1.82, 2.24) is 15.1 Å². The van der Waals surface area contributed by atoms with Crippen LogP contribution < -0.4 is 4.90 Å². The molecule has 0 saturated carbocycles. The molecule has 1 aromatic carbocycles. The minimum atomic E-state index is 0.00793. The molecule has 1 spiro atoms. The Kier molecular flexibility index (Phi) is 4.26. The van der Waals surface area contributed by atoms with Crippen LogP contribution in [0.4, 0.5) is 5.82 Å². The summed E-state index contributed by atoms with van der Waals surface area (Å²) in [6, 6.07) is 6.84. The molecule has 0 bridgehead atoms. The van der Waals surface area contributed by atoms with Gasteiger partial charge in [-0.2, -0.15) is 0 Å². The fourth-order valence-electron chi connectivity index (χ4n) is 4.07. The first kappa shape index (κ1) is 16.9. The van der Waals surface area contributed by atoms with E-state index in [4.69, 9.17) is 23.2 Å². The van der Waals surface area contributed by atoms with Gasteiger partial charge in [0, 0.05) is 31.2 Å². The largest absolute Gasteiger partial charge is 0.507 e. The second kappa shape index (κ2) is 6.31. The third-order valence-corrected chi connectivity index (χ3v) is 5.82. The monoisotopic (exact) mass is 378 g/mol. The highest BCUT2D eigenvalue weighted by atomic mass is 35.5. The summed E-state index contributed by atoms with van der Waals surface area (Å²) in [6.07, 6.45) is 2.40. The lowest BCUT2D eigenvalue weighted by Crippen LogP contribution is -2.58. The minimum absolute atomic E-state index is 0.00793. The number of piperidine rings is 1. The zero-order valence-electron chi connectivity index (χ0n) is 14.0. The summed E-state index contributed by atoms with van der Waals surface area (Å²) in [5.41, 5.74) is 1.51. The van der Waals surface area contributed by atoms with E-state index >= 15 is 0 Å². The number of halogens is 2. The summed E-state index contributed by atoms with van der Waals surface area (Å²) in [7, 11) is 2.18. The molecule has 0 radical (unpaired) electrons. The van der Waals surface area contributed by atoms with Crippen molar-refractivity contribution in [2.24, 2.45) is 5.41 Å². The Morgan fingerprint density at radius 3 is 2.36 bits per heavy atom. The number of aromatic nitrogens is 2. The van der Waals surface area contributed by atoms with Crippen LogP contribution in [0.1, 0.15) is 12.8 Å². The highest BCUT2D eigenvalue weighted by Gasteiger charge is 2.43. The van der Waals surface area contributed by atoms with Crippen LogP contribution in [0.5, 0.6) is 5.75 Å². The van der Waals surface area contributed by atoms with Crippen molar-refractivity contribution in [2.75, 3.05) is 38.1 Å². The molecule has 0 unspecified atom stereocenters. The second-order valence-corrected chi connectivity index (χ2v) is 8.06. The smallest absolute Gasteiger partial charge is 0.151 e. The van der Waals surface area contributed by atoms with Crippen LogP contribution in [0.25, 0.3) is 11.3 Å². The van der Waals surface area contributed by atoms with E-state index in [1.165, 1.54) is 32.0 Å². The molecule has 2 fully saturated rings. The van der Waals surface area contributed by atoms with E-state index < -0.39 is 0 Å². The Morgan fingerprint density at radius 1 is 1.08 bits per heavy atom. The topological polar surface area (TPSA) is 52.5 Å². The molecule has 0 atom stereocenters. The Morgan fingerprint density at radius 2 is 1.80 bits per heavy atom. The molecule has 132 valence electrons. The standard InChI is InChI=1S/C18H20Cl2N4O/c1-23-10-18(11-23)4-6-24(7-5-18)16-3-2-14(21-22-16)17-13(20)8-12(19)9-15(17)25/h2-3,8-9,25H,4-7,10-11H2,1H3. The predicted molar refractivity (Wildman–Crippen MR) is 101 cm³/mol. The molecule has 0 aliphatic carbocycles. The lowest BCUT2D eigenvalue weighted by Gasteiger charge is -2.53. The summed E-state index contributed by atoms with van der Waals surface area (Å²) in [5, 5.41) is 19.5. The third-order valence-electron chi connectivity index (χ3n) is 5.30. The van der Waals surface area contributed by atoms with Crippen LogP contribution >= 0.6 is 23.2 Å². The molecule has 2 aromatic rings. The van der Waals surface area contributed by atoms with Crippen LogP contribution in [0.15, 0.2) is 24.3 Å². The summed E-state index contributed by atoms with van der Waals surface area (Å²) < 4.78 is 0. The zero-order chi connectivity index (χ0) is 17.6. The van der Waals surface area contributed by atoms with Crippen molar-refractivity contribution in [2.45, 2.75) is 12.8 Å². The van der Waals surface area contributed by atoms with Crippen molar-refractivity contribution in [3.63, 3.8) is 0 Å². The molecular weight excluding hydrogens is 359 g/mol. The highest BCUT2D eigenvalue weighted by molar-refractivity contribution is 6.36. The van der Waals surface area contributed by atoms with Gasteiger partial charge < -0.3 is 14.9 Å². The molecule has 3 heterocycles. The molecule has 7 heteroatoms. The zero-order valence-corrected chi connectivity index (χ0v) is 15.6. The summed E-state index contributed by atoms with van der Waals surface area (Å²) in [4.78, 5) is 4.66. The van der Waals surface area contributed by atoms with E-state index in [9.17, 15) is 5.11 Å². The lowest BCUT2D eigenvalue weighted by molar-refractivity contribution is 0.00119. The predicted octanol–water partition coefficient (Wildman–Crippen LogP) is 3.69. The number of phenols is 1. The number of hydrogen-bond donors (Lipinski definition) is 1. The van der Waals surface area contributed by atoms with Gasteiger partial charge >= 0.3 is 0 Å². The number of anilines is 1. The maximum absolute atomic E-state index is 10.1. The fourth-order valence-corrected chi connectivity index (χ4v) is 4.65. The van der Waals surface area contributed by atoms with Crippen LogP contribution in [-0.2, 0) is 0 Å². The van der Waals surface area contributed by atoms with Gasteiger partial charge in [-0.15, -0.1) is 10.2 Å². The third kappa shape index (κ3) is 3.16. The van der Waals surface area contributed by atoms with Crippen LogP contribution in [0.3, 0.4) is 0 Å². The second-order valence-electron chi connectivity index (χ2n) is 7.22. The lowest BCUT2D eigenvalue weighted by atomic mass is 9.72. The fraction of sp³-hybridized carbons (Fsp3) is 0.444. The maximum atomic E-state index is 10.1. The van der Waals surface area contributed by atoms with Gasteiger partial charge in [-0.05, 0) is 49.6 Å². The van der Waals surface area contributed by atoms with Crippen molar-refractivity contribution in [1.29, 1.82) is 0 Å².